The number of alkyl halides is 1. The van der Waals surface area contributed by atoms with Gasteiger partial charge in [0.15, 0.2) is 0 Å². The van der Waals surface area contributed by atoms with Gasteiger partial charge in [-0.3, -0.25) is 0 Å². The molecular formula is C8H7ClFNO. The van der Waals surface area contributed by atoms with E-state index in [1.165, 1.54) is 12.1 Å². The molecule has 12 heavy (non-hydrogen) atoms. The van der Waals surface area contributed by atoms with Crippen LogP contribution in [0.15, 0.2) is 23.4 Å². The van der Waals surface area contributed by atoms with E-state index in [0.717, 1.165) is 6.21 Å². The van der Waals surface area contributed by atoms with Gasteiger partial charge in [0.1, 0.15) is 5.82 Å². The van der Waals surface area contributed by atoms with Crippen molar-refractivity contribution in [3.63, 3.8) is 0 Å². The topological polar surface area (TPSA) is 32.6 Å². The first-order chi connectivity index (χ1) is 5.77. The van der Waals surface area contributed by atoms with Gasteiger partial charge in [-0.2, -0.15) is 0 Å². The van der Waals surface area contributed by atoms with Crippen LogP contribution in [-0.2, 0) is 5.88 Å². The molecule has 0 amide bonds. The van der Waals surface area contributed by atoms with E-state index in [0.29, 0.717) is 5.56 Å². The first-order valence-corrected chi connectivity index (χ1v) is 3.83. The van der Waals surface area contributed by atoms with Gasteiger partial charge in [0, 0.05) is 11.4 Å². The van der Waals surface area contributed by atoms with E-state index in [2.05, 4.69) is 5.16 Å². The van der Waals surface area contributed by atoms with Crippen molar-refractivity contribution in [1.29, 1.82) is 0 Å². The van der Waals surface area contributed by atoms with E-state index >= 15 is 0 Å². The average Bonchev–Trinajstić information content (AvgIpc) is 2.09. The Morgan fingerprint density at radius 1 is 1.58 bits per heavy atom. The van der Waals surface area contributed by atoms with Crippen molar-refractivity contribution >= 4 is 17.8 Å². The summed E-state index contributed by atoms with van der Waals surface area (Å²) >= 11 is 5.48. The first-order valence-electron chi connectivity index (χ1n) is 3.29. The van der Waals surface area contributed by atoms with Crippen molar-refractivity contribution in [2.75, 3.05) is 0 Å². The van der Waals surface area contributed by atoms with Crippen molar-refractivity contribution in [2.45, 2.75) is 5.88 Å². The summed E-state index contributed by atoms with van der Waals surface area (Å²) in [5.41, 5.74) is 0.940. The summed E-state index contributed by atoms with van der Waals surface area (Å²) in [5, 5.41) is 10.9. The van der Waals surface area contributed by atoms with Gasteiger partial charge in [-0.15, -0.1) is 11.6 Å². The number of benzene rings is 1. The number of oxime groups is 1. The van der Waals surface area contributed by atoms with Crippen LogP contribution in [0.1, 0.15) is 11.1 Å². The zero-order valence-electron chi connectivity index (χ0n) is 6.17. The lowest BCUT2D eigenvalue weighted by Gasteiger charge is -1.97. The molecule has 1 aromatic carbocycles. The van der Waals surface area contributed by atoms with E-state index < -0.39 is 5.82 Å². The highest BCUT2D eigenvalue weighted by Gasteiger charge is 2.00. The van der Waals surface area contributed by atoms with Crippen molar-refractivity contribution in [3.8, 4) is 0 Å². The number of halogens is 2. The fourth-order valence-corrected chi connectivity index (χ4v) is 0.987. The summed E-state index contributed by atoms with van der Waals surface area (Å²) in [5.74, 6) is -0.168. The zero-order valence-corrected chi connectivity index (χ0v) is 6.92. The van der Waals surface area contributed by atoms with Gasteiger partial charge in [0.25, 0.3) is 0 Å². The van der Waals surface area contributed by atoms with Crippen LogP contribution >= 0.6 is 11.6 Å². The minimum Gasteiger partial charge on any atom is -0.411 e. The third-order valence-corrected chi connectivity index (χ3v) is 1.72. The van der Waals surface area contributed by atoms with Crippen molar-refractivity contribution in [1.82, 2.24) is 0 Å². The highest BCUT2D eigenvalue weighted by Crippen LogP contribution is 2.10. The van der Waals surface area contributed by atoms with Crippen molar-refractivity contribution in [2.24, 2.45) is 5.16 Å². The molecule has 0 bridgehead atoms. The van der Waals surface area contributed by atoms with Crippen LogP contribution < -0.4 is 0 Å². The average molecular weight is 188 g/mol. The summed E-state index contributed by atoms with van der Waals surface area (Å²) in [4.78, 5) is 0. The minimum atomic E-state index is -0.439. The number of hydrogen-bond acceptors (Lipinski definition) is 2. The predicted octanol–water partition coefficient (Wildman–Crippen LogP) is 2.37. The van der Waals surface area contributed by atoms with E-state index in [9.17, 15) is 4.39 Å². The molecule has 1 N–H and O–H groups in total. The zero-order chi connectivity index (χ0) is 8.97. The summed E-state index contributed by atoms with van der Waals surface area (Å²) in [6, 6.07) is 4.49. The monoisotopic (exact) mass is 187 g/mol. The molecule has 0 saturated heterocycles. The van der Waals surface area contributed by atoms with E-state index in [1.54, 1.807) is 6.07 Å². The van der Waals surface area contributed by atoms with Gasteiger partial charge in [-0.1, -0.05) is 17.3 Å². The number of nitrogens with zero attached hydrogens (tertiary/aromatic N) is 1. The molecule has 64 valence electrons. The Morgan fingerprint density at radius 3 is 2.83 bits per heavy atom. The normalized spacial score (nSPS) is 10.8. The van der Waals surface area contributed by atoms with E-state index in [1.807, 2.05) is 0 Å². The van der Waals surface area contributed by atoms with Crippen LogP contribution in [0.25, 0.3) is 0 Å². The Bertz CT molecular complexity index is 301. The second-order valence-corrected chi connectivity index (χ2v) is 2.50. The lowest BCUT2D eigenvalue weighted by Crippen LogP contribution is -1.89. The Kier molecular flexibility index (Phi) is 3.05. The highest BCUT2D eigenvalue weighted by atomic mass is 35.5. The van der Waals surface area contributed by atoms with Crippen LogP contribution in [0.4, 0.5) is 4.39 Å². The fraction of sp³-hybridized carbons (Fsp3) is 0.125. The summed E-state index contributed by atoms with van der Waals surface area (Å²) in [6.07, 6.45) is 1.04. The van der Waals surface area contributed by atoms with Crippen molar-refractivity contribution < 1.29 is 9.60 Å². The lowest BCUT2D eigenvalue weighted by molar-refractivity contribution is 0.321. The van der Waals surface area contributed by atoms with E-state index in [4.69, 9.17) is 16.8 Å². The maximum atomic E-state index is 13.0. The lowest BCUT2D eigenvalue weighted by atomic mass is 10.1. The summed E-state index contributed by atoms with van der Waals surface area (Å²) in [6.45, 7) is 0. The largest absolute Gasteiger partial charge is 0.411 e. The summed E-state index contributed by atoms with van der Waals surface area (Å²) in [7, 11) is 0. The molecule has 0 unspecified atom stereocenters. The SMILES string of the molecule is ON=Cc1ccc(CCl)cc1F. The van der Waals surface area contributed by atoms with Gasteiger partial charge in [0.05, 0.1) is 6.21 Å². The molecule has 0 atom stereocenters. The molecule has 1 aromatic rings. The molecule has 0 fully saturated rings. The quantitative estimate of drug-likeness (QED) is 0.328. The summed E-state index contributed by atoms with van der Waals surface area (Å²) < 4.78 is 13.0. The molecule has 0 aliphatic rings. The fourth-order valence-electron chi connectivity index (χ4n) is 0.821. The Morgan fingerprint density at radius 2 is 2.33 bits per heavy atom. The molecule has 0 aromatic heterocycles. The molecule has 0 heterocycles. The number of rotatable bonds is 2. The maximum Gasteiger partial charge on any atom is 0.132 e. The van der Waals surface area contributed by atoms with Crippen LogP contribution in [0.3, 0.4) is 0 Å². The van der Waals surface area contributed by atoms with Gasteiger partial charge in [-0.05, 0) is 11.6 Å². The van der Waals surface area contributed by atoms with Gasteiger partial charge < -0.3 is 5.21 Å². The Hall–Kier alpha value is -1.09. The van der Waals surface area contributed by atoms with Crippen LogP contribution in [0.2, 0.25) is 0 Å². The molecule has 0 spiro atoms. The maximum absolute atomic E-state index is 13.0. The second kappa shape index (κ2) is 4.07. The first kappa shape index (κ1) is 9.00. The molecule has 0 aliphatic carbocycles. The third-order valence-electron chi connectivity index (χ3n) is 1.42. The van der Waals surface area contributed by atoms with Gasteiger partial charge in [-0.25, -0.2) is 4.39 Å². The second-order valence-electron chi connectivity index (χ2n) is 2.23. The molecular weight excluding hydrogens is 181 g/mol. The van der Waals surface area contributed by atoms with Crippen molar-refractivity contribution in [3.05, 3.63) is 35.1 Å². The standard InChI is InChI=1S/C8H7ClFNO/c9-4-6-1-2-7(5-11-12)8(10)3-6/h1-3,5,12H,4H2. The highest BCUT2D eigenvalue weighted by molar-refractivity contribution is 6.17. The van der Waals surface area contributed by atoms with Gasteiger partial charge >= 0.3 is 0 Å². The smallest absolute Gasteiger partial charge is 0.132 e. The van der Waals surface area contributed by atoms with E-state index in [-0.39, 0.29) is 11.4 Å². The third kappa shape index (κ3) is 1.95. The molecule has 0 aliphatic heterocycles. The number of hydrogen-bond donors (Lipinski definition) is 1. The minimum absolute atomic E-state index is 0.242. The molecule has 2 nitrogen and oxygen atoms in total. The Balaban J connectivity index is 3.03. The van der Waals surface area contributed by atoms with Crippen LogP contribution in [0.5, 0.6) is 0 Å². The molecule has 0 radical (unpaired) electrons. The van der Waals surface area contributed by atoms with Crippen LogP contribution in [0, 0.1) is 5.82 Å². The van der Waals surface area contributed by atoms with Gasteiger partial charge in [0.2, 0.25) is 0 Å². The molecule has 1 rings (SSSR count). The van der Waals surface area contributed by atoms with Crippen LogP contribution in [-0.4, -0.2) is 11.4 Å². The molecule has 4 heteroatoms. The predicted molar refractivity (Wildman–Crippen MR) is 45.3 cm³/mol. The Labute approximate surface area is 74.3 Å². The molecule has 0 saturated carbocycles.